The Morgan fingerprint density at radius 3 is 2.37 bits per heavy atom. The summed E-state index contributed by atoms with van der Waals surface area (Å²) in [5, 5.41) is 4.07. The molecule has 6 heteroatoms. The lowest BCUT2D eigenvalue weighted by Crippen LogP contribution is -2.46. The van der Waals surface area contributed by atoms with Gasteiger partial charge in [-0.25, -0.2) is 4.79 Å². The van der Waals surface area contributed by atoms with Crippen molar-refractivity contribution in [3.05, 3.63) is 69.7 Å². The van der Waals surface area contributed by atoms with Crippen molar-refractivity contribution in [1.82, 2.24) is 10.2 Å². The van der Waals surface area contributed by atoms with Gasteiger partial charge in [-0.05, 0) is 37.5 Å². The lowest BCUT2D eigenvalue weighted by Gasteiger charge is -2.32. The zero-order valence-electron chi connectivity index (χ0n) is 15.1. The third-order valence-electron chi connectivity index (χ3n) is 4.98. The maximum Gasteiger partial charge on any atom is 0.317 e. The molecule has 0 radical (unpaired) electrons. The van der Waals surface area contributed by atoms with Crippen molar-refractivity contribution in [2.24, 2.45) is 5.92 Å². The van der Waals surface area contributed by atoms with Crippen molar-refractivity contribution in [2.45, 2.75) is 25.8 Å². The smallest absolute Gasteiger partial charge is 0.317 e. The highest BCUT2D eigenvalue weighted by molar-refractivity contribution is 6.35. The van der Waals surface area contributed by atoms with E-state index in [0.717, 1.165) is 11.1 Å². The summed E-state index contributed by atoms with van der Waals surface area (Å²) in [6.07, 6.45) is 1.36. The van der Waals surface area contributed by atoms with Crippen molar-refractivity contribution in [2.75, 3.05) is 13.1 Å². The number of benzene rings is 2. The summed E-state index contributed by atoms with van der Waals surface area (Å²) in [7, 11) is 0. The number of carbonyl (C=O) groups excluding carboxylic acids is 2. The maximum atomic E-state index is 12.6. The minimum atomic E-state index is -0.231. The summed E-state index contributed by atoms with van der Waals surface area (Å²) in [5.74, 6) is 0.136. The number of Topliss-reactive ketones (excluding diaryl/α,β-unsaturated/α-hetero) is 1. The standard InChI is InChI=1S/C21H22Cl2N2O2/c1-14(18-8-7-17(22)13-19(18)23)24-21(27)25-11-9-16(10-12-25)20(26)15-5-3-2-4-6-15/h2-8,13-14,16H,9-12H2,1H3,(H,24,27). The van der Waals surface area contributed by atoms with Crippen LogP contribution in [0.5, 0.6) is 0 Å². The number of amides is 2. The second-order valence-electron chi connectivity index (χ2n) is 6.83. The number of urea groups is 1. The van der Waals surface area contributed by atoms with E-state index < -0.39 is 0 Å². The third-order valence-corrected chi connectivity index (χ3v) is 5.54. The highest BCUT2D eigenvalue weighted by atomic mass is 35.5. The molecule has 2 amide bonds. The molecule has 0 spiro atoms. The molecule has 1 aliphatic heterocycles. The molecule has 1 N–H and O–H groups in total. The molecule has 3 rings (SSSR count). The van der Waals surface area contributed by atoms with Crippen molar-refractivity contribution >= 4 is 35.0 Å². The van der Waals surface area contributed by atoms with Crippen LogP contribution < -0.4 is 5.32 Å². The first-order valence-electron chi connectivity index (χ1n) is 9.05. The molecule has 0 saturated carbocycles. The molecular weight excluding hydrogens is 383 g/mol. The Balaban J connectivity index is 1.54. The number of likely N-dealkylation sites (tertiary alicyclic amines) is 1. The van der Waals surface area contributed by atoms with Crippen LogP contribution in [0.2, 0.25) is 10.0 Å². The fraction of sp³-hybridized carbons (Fsp3) is 0.333. The summed E-state index contributed by atoms with van der Waals surface area (Å²) >= 11 is 12.1. The minimum Gasteiger partial charge on any atom is -0.331 e. The number of rotatable bonds is 4. The monoisotopic (exact) mass is 404 g/mol. The van der Waals surface area contributed by atoms with Crippen LogP contribution in [0, 0.1) is 5.92 Å². The van der Waals surface area contributed by atoms with Crippen molar-refractivity contribution in [3.8, 4) is 0 Å². The summed E-state index contributed by atoms with van der Waals surface area (Å²) in [6.45, 7) is 3.02. The van der Waals surface area contributed by atoms with E-state index in [9.17, 15) is 9.59 Å². The normalized spacial score (nSPS) is 16.0. The van der Waals surface area contributed by atoms with Gasteiger partial charge in [-0.2, -0.15) is 0 Å². The fourth-order valence-electron chi connectivity index (χ4n) is 3.39. The van der Waals surface area contributed by atoms with Gasteiger partial charge in [0.2, 0.25) is 0 Å². The molecule has 1 atom stereocenters. The minimum absolute atomic E-state index is 0.0282. The van der Waals surface area contributed by atoms with E-state index in [0.29, 0.717) is 36.0 Å². The van der Waals surface area contributed by atoms with Crippen LogP contribution in [0.15, 0.2) is 48.5 Å². The van der Waals surface area contributed by atoms with Crippen LogP contribution in [-0.2, 0) is 0 Å². The first kappa shape index (κ1) is 19.7. The number of hydrogen-bond acceptors (Lipinski definition) is 2. The number of hydrogen-bond donors (Lipinski definition) is 1. The SMILES string of the molecule is CC(NC(=O)N1CCC(C(=O)c2ccccc2)CC1)c1ccc(Cl)cc1Cl. The Kier molecular flexibility index (Phi) is 6.40. The van der Waals surface area contributed by atoms with Crippen molar-refractivity contribution in [1.29, 1.82) is 0 Å². The predicted octanol–water partition coefficient (Wildman–Crippen LogP) is 5.36. The Morgan fingerprint density at radius 1 is 1.07 bits per heavy atom. The van der Waals surface area contributed by atoms with Crippen LogP contribution in [0.4, 0.5) is 4.79 Å². The molecule has 1 aliphatic rings. The number of ketones is 1. The number of halogens is 2. The topological polar surface area (TPSA) is 49.4 Å². The van der Waals surface area contributed by atoms with Gasteiger partial charge in [-0.1, -0.05) is 59.6 Å². The van der Waals surface area contributed by atoms with Crippen molar-refractivity contribution in [3.63, 3.8) is 0 Å². The molecule has 0 aromatic heterocycles. The van der Waals surface area contributed by atoms with Gasteiger partial charge >= 0.3 is 6.03 Å². The van der Waals surface area contributed by atoms with Crippen LogP contribution in [0.25, 0.3) is 0 Å². The summed E-state index contributed by atoms with van der Waals surface area (Å²) in [5.41, 5.74) is 1.56. The average Bonchev–Trinajstić information content (AvgIpc) is 2.68. The Bertz CT molecular complexity index is 818. The number of nitrogens with zero attached hydrogens (tertiary/aromatic N) is 1. The second kappa shape index (κ2) is 8.77. The molecule has 4 nitrogen and oxygen atoms in total. The quantitative estimate of drug-likeness (QED) is 0.697. The van der Waals surface area contributed by atoms with E-state index in [1.807, 2.05) is 43.3 Å². The van der Waals surface area contributed by atoms with Crippen LogP contribution >= 0.6 is 23.2 Å². The molecule has 0 bridgehead atoms. The van der Waals surface area contributed by atoms with Gasteiger partial charge in [-0.15, -0.1) is 0 Å². The predicted molar refractivity (Wildman–Crippen MR) is 108 cm³/mol. The van der Waals surface area contributed by atoms with Gasteiger partial charge < -0.3 is 10.2 Å². The maximum absolute atomic E-state index is 12.6. The molecule has 1 fully saturated rings. The summed E-state index contributed by atoms with van der Waals surface area (Å²) in [6, 6.07) is 14.2. The average molecular weight is 405 g/mol. The van der Waals surface area contributed by atoms with Crippen LogP contribution in [0.3, 0.4) is 0 Å². The zero-order chi connectivity index (χ0) is 19.4. The Labute approximate surface area is 169 Å². The van der Waals surface area contributed by atoms with Crippen LogP contribution in [0.1, 0.15) is 41.7 Å². The highest BCUT2D eigenvalue weighted by Crippen LogP contribution is 2.27. The van der Waals surface area contributed by atoms with E-state index in [1.165, 1.54) is 0 Å². The largest absolute Gasteiger partial charge is 0.331 e. The first-order valence-corrected chi connectivity index (χ1v) is 9.81. The van der Waals surface area contributed by atoms with Gasteiger partial charge in [-0.3, -0.25) is 4.79 Å². The van der Waals surface area contributed by atoms with E-state index in [4.69, 9.17) is 23.2 Å². The van der Waals surface area contributed by atoms with Crippen LogP contribution in [-0.4, -0.2) is 29.8 Å². The molecule has 0 aliphatic carbocycles. The molecular formula is C21H22Cl2N2O2. The molecule has 2 aromatic rings. The van der Waals surface area contributed by atoms with Crippen molar-refractivity contribution < 1.29 is 9.59 Å². The second-order valence-corrected chi connectivity index (χ2v) is 7.67. The lowest BCUT2D eigenvalue weighted by atomic mass is 9.89. The number of carbonyl (C=O) groups is 2. The lowest BCUT2D eigenvalue weighted by molar-refractivity contribution is 0.0853. The zero-order valence-corrected chi connectivity index (χ0v) is 16.6. The van der Waals surface area contributed by atoms with Gasteiger partial charge in [0.1, 0.15) is 0 Å². The third kappa shape index (κ3) is 4.82. The molecule has 27 heavy (non-hydrogen) atoms. The van der Waals surface area contributed by atoms with E-state index >= 15 is 0 Å². The van der Waals surface area contributed by atoms with Gasteiger partial charge in [0, 0.05) is 34.6 Å². The van der Waals surface area contributed by atoms with E-state index in [-0.39, 0.29) is 23.8 Å². The summed E-state index contributed by atoms with van der Waals surface area (Å²) < 4.78 is 0. The fourth-order valence-corrected chi connectivity index (χ4v) is 3.96. The van der Waals surface area contributed by atoms with Gasteiger partial charge in [0.05, 0.1) is 6.04 Å². The van der Waals surface area contributed by atoms with Gasteiger partial charge in [0.25, 0.3) is 0 Å². The molecule has 1 unspecified atom stereocenters. The molecule has 142 valence electrons. The van der Waals surface area contributed by atoms with E-state index in [1.54, 1.807) is 17.0 Å². The summed E-state index contributed by atoms with van der Waals surface area (Å²) in [4.78, 5) is 26.9. The Morgan fingerprint density at radius 2 is 1.74 bits per heavy atom. The molecule has 1 saturated heterocycles. The number of piperidine rings is 1. The first-order chi connectivity index (χ1) is 13.0. The highest BCUT2D eigenvalue weighted by Gasteiger charge is 2.28. The Hall–Kier alpha value is -2.04. The van der Waals surface area contributed by atoms with Gasteiger partial charge in [0.15, 0.2) is 5.78 Å². The van der Waals surface area contributed by atoms with E-state index in [2.05, 4.69) is 5.32 Å². The molecule has 1 heterocycles. The number of nitrogens with one attached hydrogen (secondary N) is 1. The molecule has 2 aromatic carbocycles.